The molecule has 0 heterocycles. The first-order chi connectivity index (χ1) is 5.36. The van der Waals surface area contributed by atoms with E-state index < -0.39 is 0 Å². The third kappa shape index (κ3) is 0.932. The van der Waals surface area contributed by atoms with Crippen LogP contribution in [-0.2, 0) is 0 Å². The zero-order valence-corrected chi connectivity index (χ0v) is 6.74. The van der Waals surface area contributed by atoms with Crippen molar-refractivity contribution in [1.82, 2.24) is 0 Å². The molecule has 62 valence electrons. The lowest BCUT2D eigenvalue weighted by molar-refractivity contribution is 0.325. The van der Waals surface area contributed by atoms with Crippen LogP contribution in [0.1, 0.15) is 6.42 Å². The average Bonchev–Trinajstić information content (AvgIpc) is 2.60. The Morgan fingerprint density at radius 2 is 1.45 bits per heavy atom. The van der Waals surface area contributed by atoms with Gasteiger partial charge in [0.25, 0.3) is 0 Å². The van der Waals surface area contributed by atoms with Crippen molar-refractivity contribution in [2.24, 2.45) is 35.1 Å². The highest BCUT2D eigenvalue weighted by atomic mass is 14.7. The first kappa shape index (κ1) is 7.32. The summed E-state index contributed by atoms with van der Waals surface area (Å²) in [6.07, 6.45) is 5.96. The fourth-order valence-electron chi connectivity index (χ4n) is 2.73. The van der Waals surface area contributed by atoms with Crippen molar-refractivity contribution in [3.8, 4) is 0 Å². The predicted molar refractivity (Wildman–Crippen MR) is 45.8 cm³/mol. The zero-order chi connectivity index (χ0) is 7.84. The number of hydrogen-bond donors (Lipinski definition) is 2. The largest absolute Gasteiger partial charge is 0.330 e. The Balaban J connectivity index is 2.15. The molecule has 0 spiro atoms. The molecule has 11 heavy (non-hydrogen) atoms. The van der Waals surface area contributed by atoms with Crippen LogP contribution in [0.5, 0.6) is 0 Å². The molecule has 0 unspecified atom stereocenters. The fraction of sp³-hybridized carbons (Fsp3) is 0.778. The smallest absolute Gasteiger partial charge is 0.00399 e. The molecular weight excluding hydrogens is 136 g/mol. The highest BCUT2D eigenvalue weighted by molar-refractivity contribution is 5.13. The van der Waals surface area contributed by atoms with E-state index in [1.165, 1.54) is 6.42 Å². The molecule has 0 aromatic carbocycles. The normalized spacial score (nSPS) is 47.1. The second-order valence-corrected chi connectivity index (χ2v) is 3.75. The van der Waals surface area contributed by atoms with Crippen LogP contribution in [0.25, 0.3) is 0 Å². The summed E-state index contributed by atoms with van der Waals surface area (Å²) in [4.78, 5) is 0. The van der Waals surface area contributed by atoms with E-state index >= 15 is 0 Å². The van der Waals surface area contributed by atoms with Crippen LogP contribution in [0.4, 0.5) is 0 Å². The van der Waals surface area contributed by atoms with E-state index in [9.17, 15) is 0 Å². The summed E-state index contributed by atoms with van der Waals surface area (Å²) < 4.78 is 0. The molecule has 0 aromatic rings. The van der Waals surface area contributed by atoms with Crippen LogP contribution < -0.4 is 11.5 Å². The summed E-state index contributed by atoms with van der Waals surface area (Å²) in [5, 5.41) is 0. The first-order valence-corrected chi connectivity index (χ1v) is 4.45. The molecule has 0 radical (unpaired) electrons. The van der Waals surface area contributed by atoms with E-state index in [4.69, 9.17) is 11.5 Å². The fourth-order valence-corrected chi connectivity index (χ4v) is 2.73. The Hall–Kier alpha value is -0.340. The molecule has 2 bridgehead atoms. The number of hydrogen-bond acceptors (Lipinski definition) is 2. The molecule has 0 aromatic heterocycles. The summed E-state index contributed by atoms with van der Waals surface area (Å²) in [7, 11) is 0. The van der Waals surface area contributed by atoms with Crippen LogP contribution in [0.3, 0.4) is 0 Å². The molecule has 1 fully saturated rings. The lowest BCUT2D eigenvalue weighted by Gasteiger charge is -2.25. The predicted octanol–water partition coefficient (Wildman–Crippen LogP) is 0.342. The summed E-state index contributed by atoms with van der Waals surface area (Å²) in [5.41, 5.74) is 11.4. The van der Waals surface area contributed by atoms with E-state index in [0.717, 1.165) is 24.9 Å². The minimum absolute atomic E-state index is 0.676. The van der Waals surface area contributed by atoms with Crippen molar-refractivity contribution < 1.29 is 0 Å². The van der Waals surface area contributed by atoms with E-state index in [-0.39, 0.29) is 0 Å². The van der Waals surface area contributed by atoms with E-state index in [1.807, 2.05) is 0 Å². The van der Waals surface area contributed by atoms with E-state index in [1.54, 1.807) is 0 Å². The van der Waals surface area contributed by atoms with Gasteiger partial charge in [0.15, 0.2) is 0 Å². The highest BCUT2D eigenvalue weighted by Gasteiger charge is 2.42. The van der Waals surface area contributed by atoms with Gasteiger partial charge in [0, 0.05) is 0 Å². The Morgan fingerprint density at radius 1 is 1.00 bits per heavy atom. The van der Waals surface area contributed by atoms with Crippen LogP contribution >= 0.6 is 0 Å². The molecule has 2 aliphatic rings. The van der Waals surface area contributed by atoms with Crippen molar-refractivity contribution in [3.63, 3.8) is 0 Å². The van der Waals surface area contributed by atoms with Crippen LogP contribution in [0.15, 0.2) is 12.2 Å². The first-order valence-electron chi connectivity index (χ1n) is 4.45. The summed E-state index contributed by atoms with van der Waals surface area (Å²) in [6.45, 7) is 1.63. The van der Waals surface area contributed by atoms with Crippen molar-refractivity contribution >= 4 is 0 Å². The van der Waals surface area contributed by atoms with Gasteiger partial charge in [-0.2, -0.15) is 0 Å². The Kier molecular flexibility index (Phi) is 1.74. The van der Waals surface area contributed by atoms with Crippen molar-refractivity contribution in [2.75, 3.05) is 13.1 Å². The zero-order valence-electron chi connectivity index (χ0n) is 6.74. The Bertz CT molecular complexity index is 158. The third-order valence-corrected chi connectivity index (χ3v) is 3.34. The molecule has 0 amide bonds. The molecule has 0 saturated heterocycles. The van der Waals surface area contributed by atoms with Gasteiger partial charge in [-0.15, -0.1) is 0 Å². The number of rotatable bonds is 2. The standard InChI is InChI=1S/C9H16N2/c10-4-8-6-1-2-7(3-6)9(8)5-11/h1-2,6-9H,3-5,10-11H2/t6-,7+,8-,9-/m1/s1. The van der Waals surface area contributed by atoms with Gasteiger partial charge in [0.2, 0.25) is 0 Å². The van der Waals surface area contributed by atoms with Gasteiger partial charge >= 0.3 is 0 Å². The van der Waals surface area contributed by atoms with Crippen molar-refractivity contribution in [2.45, 2.75) is 6.42 Å². The lowest BCUT2D eigenvalue weighted by atomic mass is 9.83. The monoisotopic (exact) mass is 152 g/mol. The van der Waals surface area contributed by atoms with Crippen molar-refractivity contribution in [1.29, 1.82) is 0 Å². The number of fused-ring (bicyclic) bond motifs is 2. The van der Waals surface area contributed by atoms with E-state index in [0.29, 0.717) is 11.8 Å². The van der Waals surface area contributed by atoms with Gasteiger partial charge in [-0.25, -0.2) is 0 Å². The maximum atomic E-state index is 5.70. The molecule has 0 aliphatic heterocycles. The quantitative estimate of drug-likeness (QED) is 0.561. The summed E-state index contributed by atoms with van der Waals surface area (Å²) in [6, 6.07) is 0. The maximum Gasteiger partial charge on any atom is -0.00399 e. The molecule has 1 saturated carbocycles. The van der Waals surface area contributed by atoms with Gasteiger partial charge < -0.3 is 11.5 Å². The number of allylic oxidation sites excluding steroid dienone is 2. The summed E-state index contributed by atoms with van der Waals surface area (Å²) >= 11 is 0. The van der Waals surface area contributed by atoms with Crippen LogP contribution in [-0.4, -0.2) is 13.1 Å². The van der Waals surface area contributed by atoms with E-state index in [2.05, 4.69) is 12.2 Å². The molecule has 2 heteroatoms. The molecule has 2 nitrogen and oxygen atoms in total. The highest BCUT2D eigenvalue weighted by Crippen LogP contribution is 2.46. The van der Waals surface area contributed by atoms with Crippen molar-refractivity contribution in [3.05, 3.63) is 12.2 Å². The molecule has 2 rings (SSSR count). The summed E-state index contributed by atoms with van der Waals surface area (Å²) in [5.74, 6) is 2.85. The van der Waals surface area contributed by atoms with Gasteiger partial charge in [0.1, 0.15) is 0 Å². The second kappa shape index (κ2) is 2.61. The molecular formula is C9H16N2. The SMILES string of the molecule is NC[C@H]1[C@H](CN)[C@H]2C=C[C@@H]1C2. The number of nitrogens with two attached hydrogens (primary N) is 2. The Morgan fingerprint density at radius 3 is 1.82 bits per heavy atom. The van der Waals surface area contributed by atoms with Gasteiger partial charge in [0.05, 0.1) is 0 Å². The Labute approximate surface area is 67.6 Å². The minimum atomic E-state index is 0.676. The topological polar surface area (TPSA) is 52.0 Å². The second-order valence-electron chi connectivity index (χ2n) is 3.75. The van der Waals surface area contributed by atoms with Crippen LogP contribution in [0.2, 0.25) is 0 Å². The molecule has 4 N–H and O–H groups in total. The average molecular weight is 152 g/mol. The van der Waals surface area contributed by atoms with Gasteiger partial charge in [-0.05, 0) is 43.2 Å². The third-order valence-electron chi connectivity index (χ3n) is 3.34. The molecule has 4 atom stereocenters. The van der Waals surface area contributed by atoms with Gasteiger partial charge in [-0.3, -0.25) is 0 Å². The van der Waals surface area contributed by atoms with Gasteiger partial charge in [-0.1, -0.05) is 12.2 Å². The van der Waals surface area contributed by atoms with Crippen LogP contribution in [0, 0.1) is 23.7 Å². The minimum Gasteiger partial charge on any atom is -0.330 e. The molecule has 2 aliphatic carbocycles. The lowest BCUT2D eigenvalue weighted by Crippen LogP contribution is -2.32. The maximum absolute atomic E-state index is 5.70.